The summed E-state index contributed by atoms with van der Waals surface area (Å²) in [5.74, 6) is 0.879. The Bertz CT molecular complexity index is 883. The molecule has 21 heavy (non-hydrogen) atoms. The number of aromatic nitrogens is 1. The Kier molecular flexibility index (Phi) is 2.68. The van der Waals surface area contributed by atoms with Gasteiger partial charge in [0.1, 0.15) is 5.75 Å². The van der Waals surface area contributed by atoms with Gasteiger partial charge in [-0.1, -0.05) is 48.5 Å². The maximum atomic E-state index is 5.55. The van der Waals surface area contributed by atoms with Gasteiger partial charge in [-0.3, -0.25) is 0 Å². The minimum Gasteiger partial charge on any atom is -0.495 e. The molecule has 0 amide bonds. The molecule has 1 aromatic heterocycles. The Morgan fingerprint density at radius 1 is 0.667 bits per heavy atom. The number of fused-ring (bicyclic) bond motifs is 3. The van der Waals surface area contributed by atoms with E-state index in [1.807, 2.05) is 18.2 Å². The largest absolute Gasteiger partial charge is 0.495 e. The number of ether oxygens (including phenoxy) is 1. The topological polar surface area (TPSA) is 14.2 Å². The molecule has 0 aliphatic heterocycles. The summed E-state index contributed by atoms with van der Waals surface area (Å²) in [6.07, 6.45) is 0. The Balaban J connectivity index is 2.20. The van der Waals surface area contributed by atoms with E-state index in [-0.39, 0.29) is 0 Å². The second-order valence-corrected chi connectivity index (χ2v) is 5.04. The third-order valence-corrected chi connectivity index (χ3v) is 3.91. The van der Waals surface area contributed by atoms with Gasteiger partial charge in [-0.15, -0.1) is 0 Å². The molecule has 4 aromatic rings. The molecule has 0 bridgehead atoms. The van der Waals surface area contributed by atoms with Crippen LogP contribution in [0.5, 0.6) is 5.75 Å². The number of benzene rings is 3. The smallest absolute Gasteiger partial charge is 0.142 e. The fourth-order valence-corrected chi connectivity index (χ4v) is 3.00. The van der Waals surface area contributed by atoms with Gasteiger partial charge in [-0.2, -0.15) is 0 Å². The molecule has 0 aliphatic carbocycles. The highest BCUT2D eigenvalue weighted by molar-refractivity contribution is 6.09. The van der Waals surface area contributed by atoms with E-state index in [0.29, 0.717) is 0 Å². The van der Waals surface area contributed by atoms with E-state index in [1.54, 1.807) is 7.11 Å². The van der Waals surface area contributed by atoms with Crippen molar-refractivity contribution in [2.45, 2.75) is 0 Å². The molecule has 0 N–H and O–H groups in total. The predicted molar refractivity (Wildman–Crippen MR) is 87.3 cm³/mol. The van der Waals surface area contributed by atoms with Gasteiger partial charge in [0.25, 0.3) is 0 Å². The van der Waals surface area contributed by atoms with Crippen molar-refractivity contribution in [2.24, 2.45) is 0 Å². The Labute approximate surface area is 123 Å². The van der Waals surface area contributed by atoms with Gasteiger partial charge >= 0.3 is 0 Å². The van der Waals surface area contributed by atoms with E-state index in [0.717, 1.165) is 11.4 Å². The van der Waals surface area contributed by atoms with E-state index in [4.69, 9.17) is 4.74 Å². The maximum Gasteiger partial charge on any atom is 0.142 e. The van der Waals surface area contributed by atoms with Gasteiger partial charge in [-0.25, -0.2) is 0 Å². The highest BCUT2D eigenvalue weighted by Crippen LogP contribution is 2.34. The fraction of sp³-hybridized carbons (Fsp3) is 0.0526. The number of rotatable bonds is 2. The van der Waals surface area contributed by atoms with Crippen molar-refractivity contribution >= 4 is 21.8 Å². The van der Waals surface area contributed by atoms with E-state index in [9.17, 15) is 0 Å². The summed E-state index contributed by atoms with van der Waals surface area (Å²) in [5, 5.41) is 2.53. The average molecular weight is 273 g/mol. The first kappa shape index (κ1) is 12.0. The summed E-state index contributed by atoms with van der Waals surface area (Å²) in [4.78, 5) is 0. The number of para-hydroxylation sites is 4. The van der Waals surface area contributed by atoms with Gasteiger partial charge in [0.15, 0.2) is 0 Å². The molecular formula is C19H15NO. The molecule has 4 rings (SSSR count). The number of hydrogen-bond acceptors (Lipinski definition) is 1. The van der Waals surface area contributed by atoms with Crippen molar-refractivity contribution in [1.82, 2.24) is 4.57 Å². The normalized spacial score (nSPS) is 11.1. The van der Waals surface area contributed by atoms with Crippen LogP contribution < -0.4 is 4.74 Å². The summed E-state index contributed by atoms with van der Waals surface area (Å²) in [6.45, 7) is 0. The molecule has 0 spiro atoms. The number of nitrogens with zero attached hydrogens (tertiary/aromatic N) is 1. The zero-order valence-electron chi connectivity index (χ0n) is 11.8. The van der Waals surface area contributed by atoms with Crippen molar-refractivity contribution in [3.8, 4) is 11.4 Å². The first-order valence-electron chi connectivity index (χ1n) is 7.02. The fourth-order valence-electron chi connectivity index (χ4n) is 3.00. The van der Waals surface area contributed by atoms with Crippen LogP contribution in [0.4, 0.5) is 0 Å². The van der Waals surface area contributed by atoms with Crippen LogP contribution in [0.2, 0.25) is 0 Å². The van der Waals surface area contributed by atoms with Crippen LogP contribution in [-0.4, -0.2) is 11.7 Å². The maximum absolute atomic E-state index is 5.55. The third kappa shape index (κ3) is 1.73. The monoisotopic (exact) mass is 273 g/mol. The lowest BCUT2D eigenvalue weighted by molar-refractivity contribution is 0.413. The van der Waals surface area contributed by atoms with E-state index < -0.39 is 0 Å². The SMILES string of the molecule is COc1ccccc1-n1c2ccccc2c2ccccc21. The first-order valence-corrected chi connectivity index (χ1v) is 7.02. The van der Waals surface area contributed by atoms with Gasteiger partial charge < -0.3 is 9.30 Å². The zero-order chi connectivity index (χ0) is 14.2. The third-order valence-electron chi connectivity index (χ3n) is 3.91. The van der Waals surface area contributed by atoms with Crippen LogP contribution in [0.1, 0.15) is 0 Å². The highest BCUT2D eigenvalue weighted by Gasteiger charge is 2.13. The summed E-state index contributed by atoms with van der Waals surface area (Å²) < 4.78 is 7.81. The van der Waals surface area contributed by atoms with E-state index >= 15 is 0 Å². The molecule has 102 valence electrons. The minimum absolute atomic E-state index is 0.879. The summed E-state index contributed by atoms with van der Waals surface area (Å²) in [7, 11) is 1.71. The van der Waals surface area contributed by atoms with E-state index in [2.05, 4.69) is 59.2 Å². The molecule has 0 saturated heterocycles. The lowest BCUT2D eigenvalue weighted by Gasteiger charge is -2.12. The van der Waals surface area contributed by atoms with Crippen molar-refractivity contribution in [2.75, 3.05) is 7.11 Å². The van der Waals surface area contributed by atoms with Gasteiger partial charge in [0, 0.05) is 10.8 Å². The molecule has 0 radical (unpaired) electrons. The van der Waals surface area contributed by atoms with Gasteiger partial charge in [-0.05, 0) is 24.3 Å². The summed E-state index contributed by atoms with van der Waals surface area (Å²) in [6, 6.07) is 25.1. The molecule has 2 nitrogen and oxygen atoms in total. The van der Waals surface area contributed by atoms with Crippen LogP contribution >= 0.6 is 0 Å². The van der Waals surface area contributed by atoms with Crippen LogP contribution in [0.15, 0.2) is 72.8 Å². The molecule has 0 fully saturated rings. The minimum atomic E-state index is 0.879. The molecule has 0 unspecified atom stereocenters. The summed E-state index contributed by atoms with van der Waals surface area (Å²) in [5.41, 5.74) is 3.46. The van der Waals surface area contributed by atoms with Crippen molar-refractivity contribution in [1.29, 1.82) is 0 Å². The van der Waals surface area contributed by atoms with Gasteiger partial charge in [0.2, 0.25) is 0 Å². The van der Waals surface area contributed by atoms with E-state index in [1.165, 1.54) is 21.8 Å². The standard InChI is InChI=1S/C19H15NO/c1-21-19-13-7-6-12-18(19)20-16-10-4-2-8-14(16)15-9-3-5-11-17(15)20/h2-13H,1H3. The Hall–Kier alpha value is -2.74. The molecule has 0 saturated carbocycles. The molecule has 0 aliphatic rings. The quantitative estimate of drug-likeness (QED) is 0.512. The number of methoxy groups -OCH3 is 1. The first-order chi connectivity index (χ1) is 10.4. The number of hydrogen-bond donors (Lipinski definition) is 0. The molecule has 0 atom stereocenters. The average Bonchev–Trinajstić information content (AvgIpc) is 2.89. The second-order valence-electron chi connectivity index (χ2n) is 5.04. The Morgan fingerprint density at radius 2 is 1.19 bits per heavy atom. The summed E-state index contributed by atoms with van der Waals surface area (Å²) >= 11 is 0. The van der Waals surface area contributed by atoms with Crippen molar-refractivity contribution < 1.29 is 4.74 Å². The predicted octanol–water partition coefficient (Wildman–Crippen LogP) is 4.79. The molecule has 2 heteroatoms. The second kappa shape index (κ2) is 4.67. The van der Waals surface area contributed by atoms with Gasteiger partial charge in [0.05, 0.1) is 23.8 Å². The van der Waals surface area contributed by atoms with Crippen LogP contribution in [0.25, 0.3) is 27.5 Å². The van der Waals surface area contributed by atoms with Crippen LogP contribution in [0, 0.1) is 0 Å². The molecule has 3 aromatic carbocycles. The lowest BCUT2D eigenvalue weighted by atomic mass is 10.2. The zero-order valence-corrected chi connectivity index (χ0v) is 11.8. The highest BCUT2D eigenvalue weighted by atomic mass is 16.5. The Morgan fingerprint density at radius 3 is 1.81 bits per heavy atom. The van der Waals surface area contributed by atoms with Crippen molar-refractivity contribution in [3.63, 3.8) is 0 Å². The molecule has 1 heterocycles. The van der Waals surface area contributed by atoms with Crippen LogP contribution in [-0.2, 0) is 0 Å². The van der Waals surface area contributed by atoms with Crippen LogP contribution in [0.3, 0.4) is 0 Å². The molecular weight excluding hydrogens is 258 g/mol. The lowest BCUT2D eigenvalue weighted by Crippen LogP contribution is -1.97. The van der Waals surface area contributed by atoms with Crippen molar-refractivity contribution in [3.05, 3.63) is 72.8 Å².